The summed E-state index contributed by atoms with van der Waals surface area (Å²) in [6.07, 6.45) is -3.59. The zero-order valence-electron chi connectivity index (χ0n) is 13.0. The van der Waals surface area contributed by atoms with Crippen molar-refractivity contribution in [1.29, 1.82) is 0 Å². The van der Waals surface area contributed by atoms with E-state index in [4.69, 9.17) is 5.11 Å². The number of alkyl halides is 3. The summed E-state index contributed by atoms with van der Waals surface area (Å²) in [4.78, 5) is 24.4. The van der Waals surface area contributed by atoms with Crippen LogP contribution >= 0.6 is 0 Å². The van der Waals surface area contributed by atoms with Crippen LogP contribution in [0.3, 0.4) is 0 Å². The van der Waals surface area contributed by atoms with Crippen molar-refractivity contribution in [2.24, 2.45) is 5.92 Å². The number of rotatable bonds is 4. The molecule has 1 fully saturated rings. The molecule has 2 rings (SSSR count). The second-order valence-electron chi connectivity index (χ2n) is 5.60. The highest BCUT2D eigenvalue weighted by atomic mass is 19.4. The molecule has 1 aliphatic heterocycles. The lowest BCUT2D eigenvalue weighted by Crippen LogP contribution is -2.44. The molecule has 0 radical (unpaired) electrons. The summed E-state index contributed by atoms with van der Waals surface area (Å²) in [5, 5.41) is 11.4. The molecule has 6 nitrogen and oxygen atoms in total. The van der Waals surface area contributed by atoms with Gasteiger partial charge in [0.05, 0.1) is 5.92 Å². The van der Waals surface area contributed by atoms with Gasteiger partial charge in [0.2, 0.25) is 0 Å². The molecule has 0 aromatic heterocycles. The summed E-state index contributed by atoms with van der Waals surface area (Å²) < 4.78 is 54.3. The number of hydrogen-bond acceptors (Lipinski definition) is 3. The molecule has 10 heteroatoms. The molecular weight excluding hydrogens is 348 g/mol. The molecule has 25 heavy (non-hydrogen) atoms. The van der Waals surface area contributed by atoms with Crippen LogP contribution in [0.25, 0.3) is 0 Å². The van der Waals surface area contributed by atoms with Crippen LogP contribution < -0.4 is 10.1 Å². The number of amides is 2. The van der Waals surface area contributed by atoms with Gasteiger partial charge >= 0.3 is 18.2 Å². The van der Waals surface area contributed by atoms with Gasteiger partial charge in [-0.25, -0.2) is 9.18 Å². The van der Waals surface area contributed by atoms with Crippen molar-refractivity contribution in [1.82, 2.24) is 4.90 Å². The Morgan fingerprint density at radius 3 is 2.68 bits per heavy atom. The normalized spacial score (nSPS) is 17.9. The van der Waals surface area contributed by atoms with Gasteiger partial charge in [-0.2, -0.15) is 13.2 Å². The number of piperidine rings is 1. The minimum atomic E-state index is -4.59. The number of aliphatic carboxylic acids is 1. The average Bonchev–Trinajstić information content (AvgIpc) is 2.53. The molecule has 2 amide bonds. The first-order valence-corrected chi connectivity index (χ1v) is 7.43. The molecule has 1 atom stereocenters. The maximum atomic E-state index is 13.8. The quantitative estimate of drug-likeness (QED) is 0.805. The van der Waals surface area contributed by atoms with E-state index in [1.165, 1.54) is 11.0 Å². The lowest BCUT2D eigenvalue weighted by molar-refractivity contribution is -0.153. The Hall–Kier alpha value is -2.52. The lowest BCUT2D eigenvalue weighted by atomic mass is 9.99. The SMILES string of the molecule is O=C(O)C1CCCN(C(=O)Nc2ccc(OCC(F)(F)F)c(F)c2)C1. The number of nitrogens with zero attached hydrogens (tertiary/aromatic N) is 1. The first kappa shape index (κ1) is 18.8. The molecule has 0 bridgehead atoms. The number of urea groups is 1. The molecule has 0 saturated carbocycles. The fraction of sp³-hybridized carbons (Fsp3) is 0.467. The number of carboxylic acids is 1. The van der Waals surface area contributed by atoms with Gasteiger partial charge in [0.25, 0.3) is 0 Å². The van der Waals surface area contributed by atoms with Crippen molar-refractivity contribution in [3.8, 4) is 5.75 Å². The largest absolute Gasteiger partial charge is 0.481 e. The van der Waals surface area contributed by atoms with E-state index >= 15 is 0 Å². The van der Waals surface area contributed by atoms with E-state index in [0.717, 1.165) is 12.1 Å². The third-order valence-corrected chi connectivity index (χ3v) is 3.63. The topological polar surface area (TPSA) is 78.9 Å². The second-order valence-corrected chi connectivity index (χ2v) is 5.60. The van der Waals surface area contributed by atoms with Crippen LogP contribution in [0.4, 0.5) is 28.0 Å². The molecule has 1 heterocycles. The van der Waals surface area contributed by atoms with Gasteiger partial charge in [-0.05, 0) is 25.0 Å². The second kappa shape index (κ2) is 7.58. The monoisotopic (exact) mass is 364 g/mol. The molecule has 1 aliphatic rings. The summed E-state index contributed by atoms with van der Waals surface area (Å²) >= 11 is 0. The molecule has 138 valence electrons. The fourth-order valence-electron chi connectivity index (χ4n) is 2.42. The zero-order chi connectivity index (χ0) is 18.6. The van der Waals surface area contributed by atoms with Crippen LogP contribution in [-0.2, 0) is 4.79 Å². The van der Waals surface area contributed by atoms with E-state index in [9.17, 15) is 27.2 Å². The van der Waals surface area contributed by atoms with Crippen molar-refractivity contribution in [3.63, 3.8) is 0 Å². The van der Waals surface area contributed by atoms with Crippen molar-refractivity contribution in [2.45, 2.75) is 19.0 Å². The van der Waals surface area contributed by atoms with Crippen LogP contribution in [0, 0.1) is 11.7 Å². The number of nitrogens with one attached hydrogen (secondary N) is 1. The number of benzene rings is 1. The van der Waals surface area contributed by atoms with E-state index in [-0.39, 0.29) is 12.2 Å². The van der Waals surface area contributed by atoms with Gasteiger partial charge in [0.15, 0.2) is 18.2 Å². The molecule has 0 aliphatic carbocycles. The van der Waals surface area contributed by atoms with Crippen molar-refractivity contribution in [2.75, 3.05) is 25.0 Å². The van der Waals surface area contributed by atoms with Gasteiger partial charge in [0, 0.05) is 24.8 Å². The fourth-order valence-corrected chi connectivity index (χ4v) is 2.42. The van der Waals surface area contributed by atoms with E-state index in [2.05, 4.69) is 10.1 Å². The Morgan fingerprint density at radius 1 is 1.36 bits per heavy atom. The van der Waals surface area contributed by atoms with Crippen LogP contribution in [0.5, 0.6) is 5.75 Å². The molecule has 1 saturated heterocycles. The highest BCUT2D eigenvalue weighted by Gasteiger charge is 2.29. The Balaban J connectivity index is 1.97. The van der Waals surface area contributed by atoms with E-state index in [0.29, 0.717) is 19.4 Å². The van der Waals surface area contributed by atoms with Crippen molar-refractivity contribution < 1.29 is 37.0 Å². The van der Waals surface area contributed by atoms with Gasteiger partial charge in [-0.1, -0.05) is 0 Å². The van der Waals surface area contributed by atoms with Crippen LogP contribution in [0.1, 0.15) is 12.8 Å². The van der Waals surface area contributed by atoms with Crippen molar-refractivity contribution >= 4 is 17.7 Å². The summed E-state index contributed by atoms with van der Waals surface area (Å²) in [6, 6.07) is 2.41. The lowest BCUT2D eigenvalue weighted by Gasteiger charge is -2.30. The highest BCUT2D eigenvalue weighted by molar-refractivity contribution is 5.89. The molecular formula is C15H16F4N2O4. The molecule has 1 aromatic carbocycles. The summed E-state index contributed by atoms with van der Waals surface area (Å²) in [5.41, 5.74) is 0.0271. The van der Waals surface area contributed by atoms with E-state index in [1.807, 2.05) is 0 Å². The average molecular weight is 364 g/mol. The maximum Gasteiger partial charge on any atom is 0.422 e. The van der Waals surface area contributed by atoms with Gasteiger partial charge in [0.1, 0.15) is 0 Å². The molecule has 2 N–H and O–H groups in total. The number of hydrogen-bond donors (Lipinski definition) is 2. The minimum Gasteiger partial charge on any atom is -0.481 e. The first-order valence-electron chi connectivity index (χ1n) is 7.43. The van der Waals surface area contributed by atoms with Gasteiger partial charge < -0.3 is 20.1 Å². The first-order chi connectivity index (χ1) is 11.7. The Morgan fingerprint density at radius 2 is 2.08 bits per heavy atom. The molecule has 0 spiro atoms. The van der Waals surface area contributed by atoms with Crippen LogP contribution in [-0.4, -0.2) is 47.9 Å². The predicted molar refractivity (Wildman–Crippen MR) is 78.9 cm³/mol. The number of anilines is 1. The Kier molecular flexibility index (Phi) is 5.70. The Bertz CT molecular complexity index is 651. The van der Waals surface area contributed by atoms with Crippen LogP contribution in [0.2, 0.25) is 0 Å². The zero-order valence-corrected chi connectivity index (χ0v) is 13.0. The number of carboxylic acid groups (broad SMARTS) is 1. The highest BCUT2D eigenvalue weighted by Crippen LogP contribution is 2.24. The predicted octanol–water partition coefficient (Wildman–Crippen LogP) is 3.10. The standard InChI is InChI=1S/C15H16F4N2O4/c16-11-6-10(3-4-12(11)25-8-15(17,18)19)20-14(24)21-5-1-2-9(7-21)13(22)23/h3-4,6,9H,1-2,5,7-8H2,(H,20,24)(H,22,23). The molecule has 1 aromatic rings. The van der Waals surface area contributed by atoms with E-state index in [1.54, 1.807) is 0 Å². The van der Waals surface area contributed by atoms with Crippen LogP contribution in [0.15, 0.2) is 18.2 Å². The van der Waals surface area contributed by atoms with Crippen molar-refractivity contribution in [3.05, 3.63) is 24.0 Å². The smallest absolute Gasteiger partial charge is 0.422 e. The number of carbonyl (C=O) groups is 2. The number of halogens is 4. The third-order valence-electron chi connectivity index (χ3n) is 3.63. The molecule has 1 unspecified atom stereocenters. The summed E-state index contributed by atoms with van der Waals surface area (Å²) in [5.74, 6) is -3.28. The van der Waals surface area contributed by atoms with Gasteiger partial charge in [-0.3, -0.25) is 4.79 Å². The third kappa shape index (κ3) is 5.50. The maximum absolute atomic E-state index is 13.8. The number of carbonyl (C=O) groups excluding carboxylic acids is 1. The Labute approximate surface area is 140 Å². The van der Waals surface area contributed by atoms with E-state index < -0.39 is 42.3 Å². The summed E-state index contributed by atoms with van der Waals surface area (Å²) in [7, 11) is 0. The summed E-state index contributed by atoms with van der Waals surface area (Å²) in [6.45, 7) is -1.22. The minimum absolute atomic E-state index is 0.0271. The number of likely N-dealkylation sites (tertiary alicyclic amines) is 1. The van der Waals surface area contributed by atoms with Gasteiger partial charge in [-0.15, -0.1) is 0 Å². The number of ether oxygens (including phenoxy) is 1.